The molecule has 0 amide bonds. The molecule has 0 aliphatic heterocycles. The quantitative estimate of drug-likeness (QED) is 0.737. The van der Waals surface area contributed by atoms with Crippen LogP contribution in [0.1, 0.15) is 30.6 Å². The van der Waals surface area contributed by atoms with Crippen molar-refractivity contribution in [3.05, 3.63) is 35.1 Å². The number of hydrogen-bond donors (Lipinski definition) is 3. The molecule has 0 radical (unpaired) electrons. The minimum absolute atomic E-state index is 0.0162. The summed E-state index contributed by atoms with van der Waals surface area (Å²) in [5.41, 5.74) is 0.382. The fourth-order valence-corrected chi connectivity index (χ4v) is 2.24. The Balaban J connectivity index is 2.65. The predicted octanol–water partition coefficient (Wildman–Crippen LogP) is 1.38. The molecule has 6 heteroatoms. The number of hydrogen-bond acceptors (Lipinski definition) is 5. The van der Waals surface area contributed by atoms with Gasteiger partial charge in [0.15, 0.2) is 5.12 Å². The lowest BCUT2D eigenvalue weighted by Gasteiger charge is -2.18. The Kier molecular flexibility index (Phi) is 6.44. The fraction of sp³-hybridized carbons (Fsp3) is 0.462. The molecule has 0 saturated carbocycles. The summed E-state index contributed by atoms with van der Waals surface area (Å²) >= 11 is 1.05. The summed E-state index contributed by atoms with van der Waals surface area (Å²) in [4.78, 5) is 10.7. The lowest BCUT2D eigenvalue weighted by atomic mass is 10.0. The standard InChI is InChI=1S/C13H17FO4S/c1-8(16)19-5-4-12(17)13(18)10-3-2-9(7-15)6-11(10)14/h2-3,6,12-13,15,17-18H,4-5,7H2,1H3. The molecule has 19 heavy (non-hydrogen) atoms. The highest BCUT2D eigenvalue weighted by Crippen LogP contribution is 2.24. The third-order valence-corrected chi connectivity index (χ3v) is 3.50. The number of aliphatic hydroxyl groups excluding tert-OH is 3. The lowest BCUT2D eigenvalue weighted by molar-refractivity contribution is -0.109. The minimum atomic E-state index is -1.35. The maximum Gasteiger partial charge on any atom is 0.185 e. The fourth-order valence-electron chi connectivity index (χ4n) is 1.60. The first-order chi connectivity index (χ1) is 8.95. The van der Waals surface area contributed by atoms with Crippen LogP contribution in [0.3, 0.4) is 0 Å². The smallest absolute Gasteiger partial charge is 0.185 e. The van der Waals surface area contributed by atoms with Crippen molar-refractivity contribution < 1.29 is 24.5 Å². The Labute approximate surface area is 115 Å². The molecule has 1 aromatic rings. The molecule has 4 nitrogen and oxygen atoms in total. The van der Waals surface area contributed by atoms with Crippen LogP contribution in [0, 0.1) is 5.82 Å². The Hall–Kier alpha value is -0.950. The van der Waals surface area contributed by atoms with E-state index in [1.54, 1.807) is 0 Å². The Morgan fingerprint density at radius 1 is 1.42 bits per heavy atom. The predicted molar refractivity (Wildman–Crippen MR) is 71.0 cm³/mol. The topological polar surface area (TPSA) is 77.8 Å². The molecule has 0 fully saturated rings. The van der Waals surface area contributed by atoms with Gasteiger partial charge >= 0.3 is 0 Å². The van der Waals surface area contributed by atoms with Crippen molar-refractivity contribution in [3.8, 4) is 0 Å². The van der Waals surface area contributed by atoms with Crippen molar-refractivity contribution in [2.75, 3.05) is 5.75 Å². The molecule has 2 atom stereocenters. The summed E-state index contributed by atoms with van der Waals surface area (Å²) in [6.45, 7) is 1.13. The SMILES string of the molecule is CC(=O)SCCC(O)C(O)c1ccc(CO)cc1F. The Bertz CT molecular complexity index is 439. The molecule has 106 valence electrons. The van der Waals surface area contributed by atoms with E-state index in [1.165, 1.54) is 19.1 Å². The van der Waals surface area contributed by atoms with Gasteiger partial charge in [-0.2, -0.15) is 0 Å². The van der Waals surface area contributed by atoms with E-state index in [2.05, 4.69) is 0 Å². The van der Waals surface area contributed by atoms with Gasteiger partial charge in [-0.05, 0) is 18.1 Å². The van der Waals surface area contributed by atoms with E-state index in [-0.39, 0.29) is 23.7 Å². The van der Waals surface area contributed by atoms with E-state index in [4.69, 9.17) is 5.11 Å². The number of carbonyl (C=O) groups is 1. The van der Waals surface area contributed by atoms with Crippen molar-refractivity contribution in [2.45, 2.75) is 32.2 Å². The highest BCUT2D eigenvalue weighted by Gasteiger charge is 2.21. The number of aliphatic hydroxyl groups is 3. The summed E-state index contributed by atoms with van der Waals surface area (Å²) in [5.74, 6) is -0.304. The zero-order valence-electron chi connectivity index (χ0n) is 10.5. The molecule has 0 aromatic heterocycles. The number of benzene rings is 1. The first kappa shape index (κ1) is 16.1. The lowest BCUT2D eigenvalue weighted by Crippen LogP contribution is -2.20. The monoisotopic (exact) mass is 288 g/mol. The van der Waals surface area contributed by atoms with Crippen molar-refractivity contribution in [2.24, 2.45) is 0 Å². The molecular weight excluding hydrogens is 271 g/mol. The van der Waals surface area contributed by atoms with E-state index in [0.717, 1.165) is 17.8 Å². The molecule has 3 N–H and O–H groups in total. The molecule has 0 spiro atoms. The van der Waals surface area contributed by atoms with Gasteiger partial charge < -0.3 is 15.3 Å². The zero-order valence-corrected chi connectivity index (χ0v) is 11.4. The summed E-state index contributed by atoms with van der Waals surface area (Å²) in [6.07, 6.45) is -2.30. The molecule has 0 aliphatic rings. The zero-order chi connectivity index (χ0) is 14.4. The highest BCUT2D eigenvalue weighted by molar-refractivity contribution is 8.13. The molecule has 2 unspecified atom stereocenters. The van der Waals surface area contributed by atoms with Gasteiger partial charge in [-0.15, -0.1) is 0 Å². The second-order valence-electron chi connectivity index (χ2n) is 4.15. The van der Waals surface area contributed by atoms with Gasteiger partial charge in [-0.25, -0.2) is 4.39 Å². The first-order valence-corrected chi connectivity index (χ1v) is 6.83. The Morgan fingerprint density at radius 2 is 2.11 bits per heavy atom. The second-order valence-corrected chi connectivity index (χ2v) is 5.43. The van der Waals surface area contributed by atoms with Gasteiger partial charge in [0.25, 0.3) is 0 Å². The molecule has 0 heterocycles. The third-order valence-electron chi connectivity index (χ3n) is 2.65. The second kappa shape index (κ2) is 7.59. The van der Waals surface area contributed by atoms with Crippen molar-refractivity contribution in [3.63, 3.8) is 0 Å². The molecular formula is C13H17FO4S. The first-order valence-electron chi connectivity index (χ1n) is 5.84. The van der Waals surface area contributed by atoms with Crippen LogP contribution in [-0.4, -0.2) is 32.3 Å². The van der Waals surface area contributed by atoms with Gasteiger partial charge in [0, 0.05) is 18.2 Å². The van der Waals surface area contributed by atoms with Crippen molar-refractivity contribution in [1.29, 1.82) is 0 Å². The van der Waals surface area contributed by atoms with Crippen LogP contribution in [0.4, 0.5) is 4.39 Å². The third kappa shape index (κ3) is 4.91. The highest BCUT2D eigenvalue weighted by atomic mass is 32.2. The largest absolute Gasteiger partial charge is 0.392 e. The van der Waals surface area contributed by atoms with Crippen LogP contribution in [0.5, 0.6) is 0 Å². The van der Waals surface area contributed by atoms with Gasteiger partial charge in [-0.1, -0.05) is 23.9 Å². The van der Waals surface area contributed by atoms with Gasteiger partial charge in [0.05, 0.1) is 12.7 Å². The van der Waals surface area contributed by atoms with Gasteiger partial charge in [0.1, 0.15) is 11.9 Å². The van der Waals surface area contributed by atoms with Crippen LogP contribution < -0.4 is 0 Å². The van der Waals surface area contributed by atoms with Gasteiger partial charge in [-0.3, -0.25) is 4.79 Å². The van der Waals surface area contributed by atoms with Crippen LogP contribution in [0.15, 0.2) is 18.2 Å². The van der Waals surface area contributed by atoms with E-state index >= 15 is 0 Å². The maximum atomic E-state index is 13.7. The average molecular weight is 288 g/mol. The van der Waals surface area contributed by atoms with E-state index in [9.17, 15) is 19.4 Å². The molecule has 1 aromatic carbocycles. The van der Waals surface area contributed by atoms with E-state index < -0.39 is 18.0 Å². The number of halogens is 1. The van der Waals surface area contributed by atoms with Crippen molar-refractivity contribution in [1.82, 2.24) is 0 Å². The summed E-state index contributed by atoms with van der Waals surface area (Å²) in [7, 11) is 0. The minimum Gasteiger partial charge on any atom is -0.392 e. The van der Waals surface area contributed by atoms with E-state index in [1.807, 2.05) is 0 Å². The van der Waals surface area contributed by atoms with Crippen LogP contribution in [0.2, 0.25) is 0 Å². The molecule has 0 saturated heterocycles. The van der Waals surface area contributed by atoms with Crippen LogP contribution in [-0.2, 0) is 11.4 Å². The van der Waals surface area contributed by atoms with Gasteiger partial charge in [0.2, 0.25) is 0 Å². The van der Waals surface area contributed by atoms with Crippen LogP contribution >= 0.6 is 11.8 Å². The number of rotatable bonds is 6. The maximum absolute atomic E-state index is 13.7. The summed E-state index contributed by atoms with van der Waals surface area (Å²) < 4.78 is 13.7. The normalized spacial score (nSPS) is 14.2. The molecule has 0 aliphatic carbocycles. The number of thioether (sulfide) groups is 1. The van der Waals surface area contributed by atoms with Crippen LogP contribution in [0.25, 0.3) is 0 Å². The number of carbonyl (C=O) groups excluding carboxylic acids is 1. The average Bonchev–Trinajstić information content (AvgIpc) is 2.37. The molecule has 0 bridgehead atoms. The van der Waals surface area contributed by atoms with E-state index in [0.29, 0.717) is 11.3 Å². The molecule has 1 rings (SSSR count). The summed E-state index contributed by atoms with van der Waals surface area (Å²) in [5, 5.41) is 28.4. The van der Waals surface area contributed by atoms with Crippen molar-refractivity contribution >= 4 is 16.9 Å². The summed E-state index contributed by atoms with van der Waals surface area (Å²) in [6, 6.07) is 3.95. The Morgan fingerprint density at radius 3 is 2.63 bits per heavy atom.